The van der Waals surface area contributed by atoms with E-state index in [0.717, 1.165) is 0 Å². The highest BCUT2D eigenvalue weighted by Crippen LogP contribution is 2.68. The van der Waals surface area contributed by atoms with Crippen LogP contribution in [0.4, 0.5) is 0 Å². The van der Waals surface area contributed by atoms with Crippen LogP contribution < -0.4 is 0 Å². The molecule has 0 aromatic carbocycles. The number of carbonyl (C=O) groups is 3. The summed E-state index contributed by atoms with van der Waals surface area (Å²) in [5.74, 6) is -1.20. The van der Waals surface area contributed by atoms with Crippen molar-refractivity contribution in [2.45, 2.75) is 182 Å². The average Bonchev–Trinajstić information content (AvgIpc) is 3.48. The van der Waals surface area contributed by atoms with Crippen LogP contribution in [0.5, 0.6) is 0 Å². The quantitative estimate of drug-likeness (QED) is 0.179. The largest absolute Gasteiger partial charge is 0.467 e. The first kappa shape index (κ1) is 44.4. The minimum Gasteiger partial charge on any atom is -0.467 e. The van der Waals surface area contributed by atoms with Crippen LogP contribution in [0.25, 0.3) is 0 Å². The predicted molar refractivity (Wildman–Crippen MR) is 200 cm³/mol. The first-order chi connectivity index (χ1) is 20.6. The van der Waals surface area contributed by atoms with Crippen molar-refractivity contribution in [1.29, 1.82) is 0 Å². The van der Waals surface area contributed by atoms with E-state index < -0.39 is 50.4 Å². The fourth-order valence-corrected chi connectivity index (χ4v) is 10.5. The van der Waals surface area contributed by atoms with Gasteiger partial charge >= 0.3 is 5.97 Å². The number of rotatable bonds is 9. The second-order valence-corrected chi connectivity index (χ2v) is 21.5. The first-order valence-corrected chi connectivity index (χ1v) is 17.9. The summed E-state index contributed by atoms with van der Waals surface area (Å²) in [5.41, 5.74) is -7.81. The number of amides is 2. The Labute approximate surface area is 297 Å². The monoisotopic (exact) mass is 679 g/mol. The number of esters is 1. The van der Waals surface area contributed by atoms with Crippen LogP contribution in [0.2, 0.25) is 0 Å². The lowest BCUT2D eigenvalue weighted by Gasteiger charge is -2.69. The molecule has 0 aromatic rings. The summed E-state index contributed by atoms with van der Waals surface area (Å²) < 4.78 is 11.0. The maximum Gasteiger partial charge on any atom is 0.341 e. The molecular weight excluding hydrogens is 600 g/mol. The van der Waals surface area contributed by atoms with Gasteiger partial charge in [0.05, 0.1) is 7.11 Å². The van der Waals surface area contributed by atoms with E-state index in [1.165, 1.54) is 7.11 Å². The molecule has 1 rings (SSSR count). The summed E-state index contributed by atoms with van der Waals surface area (Å²) in [6.45, 7) is 50.1. The Morgan fingerprint density at radius 3 is 1.12 bits per heavy atom. The maximum atomic E-state index is 15.9. The van der Waals surface area contributed by atoms with E-state index in [1.807, 2.05) is 18.9 Å². The molecule has 1 fully saturated rings. The van der Waals surface area contributed by atoms with Gasteiger partial charge in [-0.05, 0) is 72.5 Å². The molecule has 0 spiro atoms. The van der Waals surface area contributed by atoms with Crippen LogP contribution in [0.1, 0.15) is 159 Å². The van der Waals surface area contributed by atoms with Crippen LogP contribution in [-0.4, -0.2) is 71.1 Å². The molecular formula is C41H78N2O5. The number of likely N-dealkylation sites (N-methyl/N-ethyl adjacent to an activating group) is 2. The van der Waals surface area contributed by atoms with Crippen LogP contribution in [0.3, 0.4) is 0 Å². The number of methoxy groups -OCH3 is 1. The summed E-state index contributed by atoms with van der Waals surface area (Å²) in [6, 6.07) is 0. The first-order valence-electron chi connectivity index (χ1n) is 17.9. The Bertz CT molecular complexity index is 1240. The summed E-state index contributed by atoms with van der Waals surface area (Å²) in [4.78, 5) is 47.0. The van der Waals surface area contributed by atoms with Crippen LogP contribution in [0, 0.1) is 43.3 Å². The van der Waals surface area contributed by atoms with Crippen molar-refractivity contribution in [2.75, 3.05) is 21.2 Å². The van der Waals surface area contributed by atoms with Gasteiger partial charge in [-0.2, -0.15) is 0 Å². The molecule has 1 saturated heterocycles. The van der Waals surface area contributed by atoms with Gasteiger partial charge < -0.3 is 19.3 Å². The molecule has 0 bridgehead atoms. The molecule has 1 aliphatic heterocycles. The molecule has 0 aliphatic carbocycles. The van der Waals surface area contributed by atoms with E-state index >= 15 is 4.79 Å². The Morgan fingerprint density at radius 2 is 0.833 bits per heavy atom. The van der Waals surface area contributed by atoms with Crippen molar-refractivity contribution in [3.63, 3.8) is 0 Å². The SMILES string of the molecule is COC(=O)[C@@]1(C)O[C@]1(C)C(=O)N(C)C(C)(C(=O)N(C)C(C)(C)C(C)(C)C(C)(C(C)(C)C)C(C)(C)C)C(C)(C)C(C)(C(C)(C)C)C(C)(C)C. The highest BCUT2D eigenvalue weighted by atomic mass is 16.7. The van der Waals surface area contributed by atoms with Gasteiger partial charge in [0, 0.05) is 25.0 Å². The van der Waals surface area contributed by atoms with Crippen molar-refractivity contribution < 1.29 is 23.9 Å². The van der Waals surface area contributed by atoms with Crippen molar-refractivity contribution in [2.24, 2.45) is 43.3 Å². The second kappa shape index (κ2) is 11.7. The molecule has 1 aliphatic rings. The summed E-state index contributed by atoms with van der Waals surface area (Å²) in [6.07, 6.45) is 0. The number of hydrogen-bond acceptors (Lipinski definition) is 5. The standard InChI is InChI=1S/C41H78N2O5/c1-30(2,3)40(22,31(4,5)6)34(13,14)36(17,18)42(24)27(44)37(19,35(15,16)41(23,32(7,8)9)33(10,11)12)43(25)28(45)38(20)39(21,48-38)29(46)47-26/h1-26H3/t37?,38-,39-/m1/s1. The third-order valence-electron chi connectivity index (χ3n) is 16.0. The van der Waals surface area contributed by atoms with E-state index in [9.17, 15) is 9.59 Å². The number of carbonyl (C=O) groups excluding carboxylic acids is 3. The summed E-state index contributed by atoms with van der Waals surface area (Å²) in [7, 11) is 4.90. The molecule has 0 radical (unpaired) electrons. The molecule has 7 nitrogen and oxygen atoms in total. The van der Waals surface area contributed by atoms with Crippen molar-refractivity contribution >= 4 is 17.8 Å². The molecule has 282 valence electrons. The minimum absolute atomic E-state index is 0.113. The third kappa shape index (κ3) is 5.48. The zero-order valence-corrected chi connectivity index (χ0v) is 36.4. The third-order valence-corrected chi connectivity index (χ3v) is 16.0. The molecule has 48 heavy (non-hydrogen) atoms. The highest BCUT2D eigenvalue weighted by Gasteiger charge is 2.77. The van der Waals surface area contributed by atoms with Gasteiger partial charge in [0.1, 0.15) is 5.54 Å². The van der Waals surface area contributed by atoms with E-state index in [2.05, 4.69) is 138 Å². The Balaban J connectivity index is 4.30. The lowest BCUT2D eigenvalue weighted by atomic mass is 9.40. The summed E-state index contributed by atoms with van der Waals surface area (Å²) in [5, 5.41) is 0. The Kier molecular flexibility index (Phi) is 10.8. The normalized spacial score (nSPS) is 23.3. The van der Waals surface area contributed by atoms with E-state index in [1.54, 1.807) is 25.8 Å². The number of epoxide rings is 1. The Morgan fingerprint density at radius 1 is 0.521 bits per heavy atom. The molecule has 1 heterocycles. The van der Waals surface area contributed by atoms with Crippen molar-refractivity contribution in [1.82, 2.24) is 9.80 Å². The molecule has 2 amide bonds. The number of nitrogens with zero attached hydrogens (tertiary/aromatic N) is 2. The lowest BCUT2D eigenvalue weighted by Crippen LogP contribution is -2.75. The van der Waals surface area contributed by atoms with Crippen molar-refractivity contribution in [3.8, 4) is 0 Å². The topological polar surface area (TPSA) is 79.5 Å². The highest BCUT2D eigenvalue weighted by molar-refractivity contribution is 6.02. The predicted octanol–water partition coefficient (Wildman–Crippen LogP) is 9.41. The molecule has 0 saturated carbocycles. The zero-order valence-electron chi connectivity index (χ0n) is 36.4. The van der Waals surface area contributed by atoms with E-state index in [-0.39, 0.29) is 33.0 Å². The number of hydrogen-bond donors (Lipinski definition) is 0. The Hall–Kier alpha value is -1.63. The van der Waals surface area contributed by atoms with Crippen LogP contribution >= 0.6 is 0 Å². The second-order valence-electron chi connectivity index (χ2n) is 21.5. The van der Waals surface area contributed by atoms with Crippen molar-refractivity contribution in [3.05, 3.63) is 0 Å². The van der Waals surface area contributed by atoms with Gasteiger partial charge in [0.25, 0.3) is 5.91 Å². The smallest absolute Gasteiger partial charge is 0.341 e. The fourth-order valence-electron chi connectivity index (χ4n) is 10.5. The van der Waals surface area contributed by atoms with Crippen LogP contribution in [0.15, 0.2) is 0 Å². The molecule has 0 N–H and O–H groups in total. The molecule has 1 unspecified atom stereocenters. The lowest BCUT2D eigenvalue weighted by molar-refractivity contribution is -0.209. The minimum atomic E-state index is -1.49. The van der Waals surface area contributed by atoms with Gasteiger partial charge in [0.15, 0.2) is 5.60 Å². The molecule has 7 heteroatoms. The van der Waals surface area contributed by atoms with E-state index in [0.29, 0.717) is 0 Å². The number of ether oxygens (including phenoxy) is 2. The molecule has 3 atom stereocenters. The maximum absolute atomic E-state index is 15.9. The van der Waals surface area contributed by atoms with Crippen LogP contribution in [-0.2, 0) is 23.9 Å². The van der Waals surface area contributed by atoms with E-state index in [4.69, 9.17) is 9.47 Å². The van der Waals surface area contributed by atoms with Gasteiger partial charge in [-0.3, -0.25) is 9.59 Å². The van der Waals surface area contributed by atoms with Gasteiger partial charge in [-0.1, -0.05) is 125 Å². The zero-order chi connectivity index (χ0) is 39.3. The fraction of sp³-hybridized carbons (Fsp3) is 0.927. The van der Waals surface area contributed by atoms with Gasteiger partial charge in [0.2, 0.25) is 11.5 Å². The van der Waals surface area contributed by atoms with Gasteiger partial charge in [-0.25, -0.2) is 4.79 Å². The molecule has 0 aromatic heterocycles. The average molecular weight is 679 g/mol. The summed E-state index contributed by atoms with van der Waals surface area (Å²) >= 11 is 0. The van der Waals surface area contributed by atoms with Gasteiger partial charge in [-0.15, -0.1) is 0 Å².